The summed E-state index contributed by atoms with van der Waals surface area (Å²) >= 11 is 0. The minimum atomic E-state index is 0.923. The highest BCUT2D eigenvalue weighted by Crippen LogP contribution is 2.47. The Kier molecular flexibility index (Phi) is 5.11. The summed E-state index contributed by atoms with van der Waals surface area (Å²) in [5.74, 6) is 3.15. The number of hydrogen-bond donors (Lipinski definition) is 1. The maximum atomic E-state index is 5.46. The van der Waals surface area contributed by atoms with Gasteiger partial charge in [-0.05, 0) is 62.9 Å². The molecule has 0 radical (unpaired) electrons. The third-order valence-electron chi connectivity index (χ3n) is 4.28. The first kappa shape index (κ1) is 12.4. The molecule has 0 spiro atoms. The van der Waals surface area contributed by atoms with Crippen molar-refractivity contribution in [3.8, 4) is 0 Å². The zero-order valence-corrected chi connectivity index (χ0v) is 10.7. The largest absolute Gasteiger partial charge is 0.381 e. The summed E-state index contributed by atoms with van der Waals surface area (Å²) in [5.41, 5.74) is 0. The van der Waals surface area contributed by atoms with Gasteiger partial charge in [0.1, 0.15) is 0 Å². The van der Waals surface area contributed by atoms with E-state index in [2.05, 4.69) is 12.2 Å². The van der Waals surface area contributed by atoms with Crippen molar-refractivity contribution in [3.63, 3.8) is 0 Å². The lowest BCUT2D eigenvalue weighted by Crippen LogP contribution is -2.27. The standard InChI is InChI=1S/C14H27NO/c1-2-7-16-8-3-6-15-11-14-10-12-4-5-13(14)9-12/h12-15H,2-11H2,1H3. The third kappa shape index (κ3) is 3.46. The minimum Gasteiger partial charge on any atom is -0.381 e. The van der Waals surface area contributed by atoms with Crippen LogP contribution in [0.15, 0.2) is 0 Å². The zero-order chi connectivity index (χ0) is 11.2. The summed E-state index contributed by atoms with van der Waals surface area (Å²) < 4.78 is 5.46. The molecule has 2 nitrogen and oxygen atoms in total. The van der Waals surface area contributed by atoms with E-state index in [-0.39, 0.29) is 0 Å². The van der Waals surface area contributed by atoms with Crippen molar-refractivity contribution in [2.75, 3.05) is 26.3 Å². The van der Waals surface area contributed by atoms with E-state index in [4.69, 9.17) is 4.74 Å². The Bertz CT molecular complexity index is 195. The molecule has 0 saturated heterocycles. The normalized spacial score (nSPS) is 32.4. The predicted octanol–water partition coefficient (Wildman–Crippen LogP) is 2.83. The van der Waals surface area contributed by atoms with Crippen LogP contribution in [0.25, 0.3) is 0 Å². The van der Waals surface area contributed by atoms with E-state index < -0.39 is 0 Å². The molecule has 2 heteroatoms. The van der Waals surface area contributed by atoms with Crippen LogP contribution in [0, 0.1) is 17.8 Å². The van der Waals surface area contributed by atoms with Gasteiger partial charge in [0.05, 0.1) is 0 Å². The summed E-state index contributed by atoms with van der Waals surface area (Å²) in [6.45, 7) is 6.41. The average molecular weight is 225 g/mol. The summed E-state index contributed by atoms with van der Waals surface area (Å²) in [6.07, 6.45) is 8.37. The third-order valence-corrected chi connectivity index (χ3v) is 4.28. The first-order chi connectivity index (χ1) is 7.90. The molecule has 0 amide bonds. The van der Waals surface area contributed by atoms with E-state index in [0.717, 1.165) is 43.9 Å². The lowest BCUT2D eigenvalue weighted by Gasteiger charge is -2.21. The molecule has 2 aliphatic rings. The number of nitrogens with one attached hydrogen (secondary N) is 1. The molecular formula is C14H27NO. The van der Waals surface area contributed by atoms with Crippen molar-refractivity contribution in [3.05, 3.63) is 0 Å². The first-order valence-corrected chi connectivity index (χ1v) is 7.18. The number of hydrogen-bond acceptors (Lipinski definition) is 2. The fraction of sp³-hybridized carbons (Fsp3) is 1.00. The van der Waals surface area contributed by atoms with E-state index in [1.807, 2.05) is 0 Å². The van der Waals surface area contributed by atoms with E-state index in [0.29, 0.717) is 0 Å². The molecule has 1 N–H and O–H groups in total. The van der Waals surface area contributed by atoms with Crippen LogP contribution in [0.1, 0.15) is 45.4 Å². The van der Waals surface area contributed by atoms with Crippen LogP contribution >= 0.6 is 0 Å². The molecule has 2 saturated carbocycles. The smallest absolute Gasteiger partial charge is 0.0478 e. The van der Waals surface area contributed by atoms with E-state index in [1.54, 1.807) is 0 Å². The molecule has 2 fully saturated rings. The summed E-state index contributed by atoms with van der Waals surface area (Å²) in [6, 6.07) is 0. The van der Waals surface area contributed by atoms with Gasteiger partial charge in [0.15, 0.2) is 0 Å². The Balaban J connectivity index is 1.43. The van der Waals surface area contributed by atoms with Crippen molar-refractivity contribution in [1.82, 2.24) is 5.32 Å². The number of fused-ring (bicyclic) bond motifs is 2. The summed E-state index contributed by atoms with van der Waals surface area (Å²) in [7, 11) is 0. The van der Waals surface area contributed by atoms with Crippen LogP contribution in [0.5, 0.6) is 0 Å². The SMILES string of the molecule is CCCOCCCNCC1CC2CCC1C2. The molecule has 0 heterocycles. The Morgan fingerprint density at radius 3 is 2.81 bits per heavy atom. The molecule has 0 aliphatic heterocycles. The monoisotopic (exact) mass is 225 g/mol. The highest BCUT2D eigenvalue weighted by atomic mass is 16.5. The van der Waals surface area contributed by atoms with Gasteiger partial charge in [-0.15, -0.1) is 0 Å². The van der Waals surface area contributed by atoms with Crippen LogP contribution in [-0.4, -0.2) is 26.3 Å². The van der Waals surface area contributed by atoms with Crippen LogP contribution in [0.4, 0.5) is 0 Å². The predicted molar refractivity (Wildman–Crippen MR) is 67.5 cm³/mol. The molecule has 94 valence electrons. The van der Waals surface area contributed by atoms with Crippen molar-refractivity contribution < 1.29 is 4.74 Å². The maximum absolute atomic E-state index is 5.46. The van der Waals surface area contributed by atoms with Crippen molar-refractivity contribution in [2.45, 2.75) is 45.4 Å². The van der Waals surface area contributed by atoms with E-state index >= 15 is 0 Å². The summed E-state index contributed by atoms with van der Waals surface area (Å²) in [4.78, 5) is 0. The second-order valence-corrected chi connectivity index (χ2v) is 5.60. The van der Waals surface area contributed by atoms with Gasteiger partial charge in [-0.25, -0.2) is 0 Å². The average Bonchev–Trinajstić information content (AvgIpc) is 2.90. The van der Waals surface area contributed by atoms with Gasteiger partial charge in [-0.2, -0.15) is 0 Å². The molecule has 3 unspecified atom stereocenters. The van der Waals surface area contributed by atoms with Crippen LogP contribution in [-0.2, 0) is 4.74 Å². The van der Waals surface area contributed by atoms with Crippen molar-refractivity contribution >= 4 is 0 Å². The fourth-order valence-electron chi connectivity index (χ4n) is 3.46. The van der Waals surface area contributed by atoms with Gasteiger partial charge in [0, 0.05) is 13.2 Å². The van der Waals surface area contributed by atoms with E-state index in [1.165, 1.54) is 38.6 Å². The first-order valence-electron chi connectivity index (χ1n) is 7.18. The second-order valence-electron chi connectivity index (χ2n) is 5.60. The lowest BCUT2D eigenvalue weighted by atomic mass is 9.89. The molecule has 0 aromatic carbocycles. The lowest BCUT2D eigenvalue weighted by molar-refractivity contribution is 0.132. The second kappa shape index (κ2) is 6.61. The van der Waals surface area contributed by atoms with Crippen LogP contribution in [0.2, 0.25) is 0 Å². The zero-order valence-electron chi connectivity index (χ0n) is 10.7. The number of ether oxygens (including phenoxy) is 1. The fourth-order valence-corrected chi connectivity index (χ4v) is 3.46. The molecule has 2 bridgehead atoms. The molecule has 2 rings (SSSR count). The molecule has 0 aromatic heterocycles. The molecule has 2 aliphatic carbocycles. The van der Waals surface area contributed by atoms with Crippen LogP contribution in [0.3, 0.4) is 0 Å². The van der Waals surface area contributed by atoms with Gasteiger partial charge >= 0.3 is 0 Å². The highest BCUT2D eigenvalue weighted by molar-refractivity contribution is 4.90. The molecular weight excluding hydrogens is 198 g/mol. The molecule has 3 atom stereocenters. The van der Waals surface area contributed by atoms with Gasteiger partial charge < -0.3 is 10.1 Å². The number of rotatable bonds is 8. The topological polar surface area (TPSA) is 21.3 Å². The van der Waals surface area contributed by atoms with Gasteiger partial charge in [0.2, 0.25) is 0 Å². The summed E-state index contributed by atoms with van der Waals surface area (Å²) in [5, 5.41) is 3.61. The van der Waals surface area contributed by atoms with Gasteiger partial charge in [-0.1, -0.05) is 13.3 Å². The van der Waals surface area contributed by atoms with Gasteiger partial charge in [-0.3, -0.25) is 0 Å². The maximum Gasteiger partial charge on any atom is 0.0478 e. The minimum absolute atomic E-state index is 0.923. The van der Waals surface area contributed by atoms with Gasteiger partial charge in [0.25, 0.3) is 0 Å². The Labute approximate surface area is 100 Å². The van der Waals surface area contributed by atoms with Crippen molar-refractivity contribution in [2.24, 2.45) is 17.8 Å². The Hall–Kier alpha value is -0.0800. The quantitative estimate of drug-likeness (QED) is 0.641. The molecule has 0 aromatic rings. The van der Waals surface area contributed by atoms with E-state index in [9.17, 15) is 0 Å². The Morgan fingerprint density at radius 1 is 1.19 bits per heavy atom. The molecule has 16 heavy (non-hydrogen) atoms. The van der Waals surface area contributed by atoms with Crippen molar-refractivity contribution in [1.29, 1.82) is 0 Å². The van der Waals surface area contributed by atoms with Crippen LogP contribution < -0.4 is 5.32 Å². The Morgan fingerprint density at radius 2 is 2.12 bits per heavy atom. The highest BCUT2D eigenvalue weighted by Gasteiger charge is 2.38.